The Morgan fingerprint density at radius 2 is 1.91 bits per heavy atom. The van der Waals surface area contributed by atoms with E-state index in [0.29, 0.717) is 28.4 Å². The number of para-hydroxylation sites is 1. The fourth-order valence-electron chi connectivity index (χ4n) is 4.75. The van der Waals surface area contributed by atoms with E-state index < -0.39 is 12.0 Å². The van der Waals surface area contributed by atoms with Crippen LogP contribution in [0.2, 0.25) is 0 Å². The predicted molar refractivity (Wildman–Crippen MR) is 137 cm³/mol. The smallest absolute Gasteiger partial charge is 0.307 e. The highest BCUT2D eigenvalue weighted by Crippen LogP contribution is 2.32. The number of rotatable bonds is 10. The molecule has 0 aromatic heterocycles. The van der Waals surface area contributed by atoms with Gasteiger partial charge < -0.3 is 20.9 Å². The van der Waals surface area contributed by atoms with Crippen molar-refractivity contribution in [3.05, 3.63) is 83.2 Å². The molecule has 1 atom stereocenters. The molecule has 0 heterocycles. The molecule has 1 unspecified atom stereocenters. The second-order valence-corrected chi connectivity index (χ2v) is 9.41. The summed E-state index contributed by atoms with van der Waals surface area (Å²) in [6, 6.07) is 18.0. The molecule has 184 valence electrons. The van der Waals surface area contributed by atoms with Crippen LogP contribution >= 0.6 is 0 Å². The molecule has 0 saturated heterocycles. The Bertz CT molecular complexity index is 1170. The lowest BCUT2D eigenvalue weighted by Crippen LogP contribution is -2.11. The van der Waals surface area contributed by atoms with Crippen LogP contribution in [0.3, 0.4) is 0 Å². The molecule has 4 N–H and O–H groups in total. The van der Waals surface area contributed by atoms with Gasteiger partial charge in [0.1, 0.15) is 18.2 Å². The van der Waals surface area contributed by atoms with Crippen molar-refractivity contribution in [2.45, 2.75) is 51.7 Å². The van der Waals surface area contributed by atoms with Gasteiger partial charge in [-0.3, -0.25) is 4.79 Å². The summed E-state index contributed by atoms with van der Waals surface area (Å²) in [5.74, 6) is -0.0367. The van der Waals surface area contributed by atoms with Crippen LogP contribution in [0, 0.1) is 11.7 Å². The van der Waals surface area contributed by atoms with Crippen molar-refractivity contribution in [3.8, 4) is 16.9 Å². The zero-order chi connectivity index (χ0) is 24.8. The third-order valence-electron chi connectivity index (χ3n) is 6.60. The Hall–Kier alpha value is -3.38. The second-order valence-electron chi connectivity index (χ2n) is 9.41. The molecule has 1 aliphatic carbocycles. The van der Waals surface area contributed by atoms with E-state index in [0.717, 1.165) is 23.4 Å². The molecule has 0 amide bonds. The van der Waals surface area contributed by atoms with Crippen LogP contribution in [0.25, 0.3) is 11.1 Å². The van der Waals surface area contributed by atoms with E-state index in [-0.39, 0.29) is 18.8 Å². The van der Waals surface area contributed by atoms with Gasteiger partial charge in [-0.15, -0.1) is 0 Å². The minimum Gasteiger partial charge on any atom is -0.489 e. The van der Waals surface area contributed by atoms with Gasteiger partial charge in [-0.05, 0) is 61.1 Å². The highest BCUT2D eigenvalue weighted by molar-refractivity contribution is 5.72. The predicted octanol–water partition coefficient (Wildman–Crippen LogP) is 6.32. The Morgan fingerprint density at radius 1 is 1.14 bits per heavy atom. The number of carbonyl (C=O) groups is 1. The Kier molecular flexibility index (Phi) is 8.03. The van der Waals surface area contributed by atoms with Crippen molar-refractivity contribution in [2.75, 3.05) is 11.9 Å². The summed E-state index contributed by atoms with van der Waals surface area (Å²) >= 11 is 0. The Morgan fingerprint density at radius 3 is 2.66 bits per heavy atom. The number of hydrogen-bond acceptors (Lipinski definition) is 4. The monoisotopic (exact) mass is 476 g/mol. The molecule has 1 aliphatic rings. The summed E-state index contributed by atoms with van der Waals surface area (Å²) in [5.41, 5.74) is 10.1. The number of carboxylic acids is 1. The molecule has 5 nitrogen and oxygen atoms in total. The van der Waals surface area contributed by atoms with E-state index >= 15 is 4.39 Å². The fraction of sp³-hybridized carbons (Fsp3) is 0.345. The van der Waals surface area contributed by atoms with Crippen LogP contribution in [0.1, 0.15) is 55.3 Å². The van der Waals surface area contributed by atoms with E-state index in [2.05, 4.69) is 5.32 Å². The molecule has 0 spiro atoms. The summed E-state index contributed by atoms with van der Waals surface area (Å²) < 4.78 is 21.4. The van der Waals surface area contributed by atoms with Gasteiger partial charge in [-0.25, -0.2) is 4.39 Å². The van der Waals surface area contributed by atoms with E-state index in [1.54, 1.807) is 37.3 Å². The Balaban J connectivity index is 1.63. The number of aliphatic carboxylic acids is 1. The van der Waals surface area contributed by atoms with Crippen LogP contribution in [-0.2, 0) is 17.8 Å². The van der Waals surface area contributed by atoms with Crippen LogP contribution < -0.4 is 15.8 Å². The fourth-order valence-corrected chi connectivity index (χ4v) is 4.75. The molecule has 1 fully saturated rings. The van der Waals surface area contributed by atoms with E-state index in [1.807, 2.05) is 30.3 Å². The average molecular weight is 477 g/mol. The Labute approximate surface area is 206 Å². The molecule has 35 heavy (non-hydrogen) atoms. The maximum Gasteiger partial charge on any atom is 0.307 e. The molecule has 1 saturated carbocycles. The number of anilines is 1. The molecule has 3 aromatic carbocycles. The maximum absolute atomic E-state index is 15.3. The topological polar surface area (TPSA) is 84.6 Å². The number of nitrogens with one attached hydrogen (secondary N) is 1. The van der Waals surface area contributed by atoms with Gasteiger partial charge in [-0.2, -0.15) is 0 Å². The summed E-state index contributed by atoms with van der Waals surface area (Å²) in [5, 5.41) is 12.8. The van der Waals surface area contributed by atoms with Gasteiger partial charge in [0, 0.05) is 35.0 Å². The third-order valence-corrected chi connectivity index (χ3v) is 6.60. The summed E-state index contributed by atoms with van der Waals surface area (Å²) in [6.07, 6.45) is 4.90. The number of hydrogen-bond donors (Lipinski definition) is 3. The molecular formula is C29H33FN2O3. The number of carboxylic acid groups (broad SMARTS) is 1. The molecule has 0 radical (unpaired) electrons. The SMILES string of the molecule is CC(N)c1cccc(-c2cc(COc3ccccc3CC(=O)O)cc(NCC3CCCC3)c2)c1F. The van der Waals surface area contributed by atoms with Crippen molar-refractivity contribution in [2.24, 2.45) is 11.7 Å². The lowest BCUT2D eigenvalue weighted by atomic mass is 9.97. The lowest BCUT2D eigenvalue weighted by Gasteiger charge is -2.17. The second kappa shape index (κ2) is 11.4. The molecule has 0 bridgehead atoms. The first-order valence-corrected chi connectivity index (χ1v) is 12.3. The van der Waals surface area contributed by atoms with Crippen LogP contribution in [0.15, 0.2) is 60.7 Å². The lowest BCUT2D eigenvalue weighted by molar-refractivity contribution is -0.136. The van der Waals surface area contributed by atoms with Crippen molar-refractivity contribution >= 4 is 11.7 Å². The highest BCUT2D eigenvalue weighted by Gasteiger charge is 2.17. The number of halogens is 1. The van der Waals surface area contributed by atoms with Crippen LogP contribution in [-0.4, -0.2) is 17.6 Å². The number of benzene rings is 3. The van der Waals surface area contributed by atoms with E-state index in [1.165, 1.54) is 25.7 Å². The summed E-state index contributed by atoms with van der Waals surface area (Å²) in [7, 11) is 0. The first kappa shape index (κ1) is 24.7. The third kappa shape index (κ3) is 6.40. The minimum absolute atomic E-state index is 0.111. The van der Waals surface area contributed by atoms with E-state index in [9.17, 15) is 9.90 Å². The van der Waals surface area contributed by atoms with Gasteiger partial charge in [-0.1, -0.05) is 49.2 Å². The number of ether oxygens (including phenoxy) is 1. The van der Waals surface area contributed by atoms with Crippen molar-refractivity contribution in [1.29, 1.82) is 0 Å². The van der Waals surface area contributed by atoms with Gasteiger partial charge in [0.25, 0.3) is 0 Å². The van der Waals surface area contributed by atoms with Crippen LogP contribution in [0.5, 0.6) is 5.75 Å². The summed E-state index contributed by atoms with van der Waals surface area (Å²) in [4.78, 5) is 11.2. The molecule has 0 aliphatic heterocycles. The molecule has 3 aromatic rings. The van der Waals surface area contributed by atoms with Crippen molar-refractivity contribution < 1.29 is 19.0 Å². The van der Waals surface area contributed by atoms with Gasteiger partial charge >= 0.3 is 5.97 Å². The van der Waals surface area contributed by atoms with Crippen LogP contribution in [0.4, 0.5) is 10.1 Å². The zero-order valence-electron chi connectivity index (χ0n) is 20.1. The quantitative estimate of drug-likeness (QED) is 0.319. The zero-order valence-corrected chi connectivity index (χ0v) is 20.1. The molecule has 6 heteroatoms. The average Bonchev–Trinajstić information content (AvgIpc) is 3.35. The normalized spacial score (nSPS) is 14.6. The standard InChI is InChI=1S/C29H33FN2O3/c1-19(31)25-10-6-11-26(29(25)30)23-13-21(14-24(15-23)32-17-20-7-2-3-8-20)18-35-27-12-5-4-9-22(27)16-28(33)34/h4-6,9-15,19-20,32H,2-3,7-8,16-18,31H2,1H3,(H,33,34). The number of nitrogens with two attached hydrogens (primary N) is 1. The highest BCUT2D eigenvalue weighted by atomic mass is 19.1. The maximum atomic E-state index is 15.3. The first-order valence-electron chi connectivity index (χ1n) is 12.3. The minimum atomic E-state index is -0.911. The first-order chi connectivity index (χ1) is 16.9. The molecule has 4 rings (SSSR count). The largest absolute Gasteiger partial charge is 0.489 e. The van der Waals surface area contributed by atoms with Gasteiger partial charge in [0.2, 0.25) is 0 Å². The van der Waals surface area contributed by atoms with Gasteiger partial charge in [0.05, 0.1) is 6.42 Å². The van der Waals surface area contributed by atoms with Gasteiger partial charge in [0.15, 0.2) is 0 Å². The summed E-state index contributed by atoms with van der Waals surface area (Å²) in [6.45, 7) is 2.89. The van der Waals surface area contributed by atoms with Crippen molar-refractivity contribution in [1.82, 2.24) is 0 Å². The van der Waals surface area contributed by atoms with Crippen molar-refractivity contribution in [3.63, 3.8) is 0 Å². The van der Waals surface area contributed by atoms with E-state index in [4.69, 9.17) is 10.5 Å². The molecular weight excluding hydrogens is 443 g/mol.